The summed E-state index contributed by atoms with van der Waals surface area (Å²) in [5.74, 6) is -8.47. The maximum atomic E-state index is 13.0. The Kier molecular flexibility index (Phi) is 17.3. The molecule has 0 aromatic heterocycles. The van der Waals surface area contributed by atoms with Crippen molar-refractivity contribution >= 4 is 65.3 Å². The number of aliphatic carboxylic acids is 4. The first kappa shape index (κ1) is 41.9. The highest BCUT2D eigenvalue weighted by atomic mass is 32.2. The fraction of sp³-hybridized carbons (Fsp3) is 0.516. The van der Waals surface area contributed by atoms with E-state index in [0.29, 0.717) is 12.8 Å². The van der Waals surface area contributed by atoms with Gasteiger partial charge in [-0.3, -0.25) is 28.9 Å². The van der Waals surface area contributed by atoms with Crippen LogP contribution in [-0.2, 0) is 33.6 Å². The third kappa shape index (κ3) is 15.0. The molecule has 2 rings (SSSR count). The van der Waals surface area contributed by atoms with Gasteiger partial charge in [-0.15, -0.1) is 11.8 Å². The van der Waals surface area contributed by atoms with Gasteiger partial charge in [0, 0.05) is 43.7 Å². The van der Waals surface area contributed by atoms with Gasteiger partial charge < -0.3 is 41.7 Å². The number of amides is 6. The van der Waals surface area contributed by atoms with Crippen LogP contribution in [0.5, 0.6) is 0 Å². The number of halogens is 1. The molecule has 1 aliphatic heterocycles. The van der Waals surface area contributed by atoms with Gasteiger partial charge in [-0.2, -0.15) is 0 Å². The second-order valence-corrected chi connectivity index (χ2v) is 12.7. The smallest absolute Gasteiger partial charge is 0.327 e. The molecule has 1 fully saturated rings. The van der Waals surface area contributed by atoms with Crippen LogP contribution < -0.4 is 21.3 Å². The molecular weight excluding hydrogens is 701 g/mol. The molecule has 1 heterocycles. The van der Waals surface area contributed by atoms with Gasteiger partial charge in [0.1, 0.15) is 23.9 Å². The van der Waals surface area contributed by atoms with Crippen LogP contribution in [0.4, 0.5) is 9.18 Å². The second-order valence-electron chi connectivity index (χ2n) is 11.4. The number of hydrogen-bond acceptors (Lipinski definition) is 10. The summed E-state index contributed by atoms with van der Waals surface area (Å²) in [5, 5.41) is 45.1. The van der Waals surface area contributed by atoms with Gasteiger partial charge in [-0.1, -0.05) is 0 Å². The number of unbranched alkanes of at least 4 members (excludes halogenated alkanes) is 2. The average molecular weight is 742 g/mol. The van der Waals surface area contributed by atoms with E-state index < -0.39 is 95.6 Å². The minimum absolute atomic E-state index is 0.00457. The molecule has 1 aromatic carbocycles. The summed E-state index contributed by atoms with van der Waals surface area (Å²) in [6, 6.07) is -0.589. The molecule has 51 heavy (non-hydrogen) atoms. The van der Waals surface area contributed by atoms with Crippen molar-refractivity contribution in [3.8, 4) is 0 Å². The highest BCUT2D eigenvalue weighted by Gasteiger charge is 2.39. The fourth-order valence-electron chi connectivity index (χ4n) is 4.75. The zero-order valence-corrected chi connectivity index (χ0v) is 28.1. The predicted molar refractivity (Wildman–Crippen MR) is 175 cm³/mol. The molecule has 1 aliphatic rings. The van der Waals surface area contributed by atoms with Crippen molar-refractivity contribution in [1.29, 1.82) is 0 Å². The molecule has 4 atom stereocenters. The third-order valence-corrected chi connectivity index (χ3v) is 8.80. The van der Waals surface area contributed by atoms with Crippen molar-refractivity contribution in [3.05, 3.63) is 35.6 Å². The molecule has 0 spiro atoms. The lowest BCUT2D eigenvalue weighted by atomic mass is 10.1. The third-order valence-electron chi connectivity index (χ3n) is 7.50. The Hall–Kier alpha value is -5.27. The molecule has 0 saturated carbocycles. The van der Waals surface area contributed by atoms with Gasteiger partial charge in [-0.05, 0) is 62.8 Å². The van der Waals surface area contributed by atoms with Crippen LogP contribution in [0.1, 0.15) is 68.1 Å². The molecule has 6 amide bonds. The first-order valence-corrected chi connectivity index (χ1v) is 16.9. The maximum Gasteiger partial charge on any atom is 0.327 e. The number of imide groups is 1. The minimum atomic E-state index is -1.60. The lowest BCUT2D eigenvalue weighted by Gasteiger charge is -2.19. The quantitative estimate of drug-likeness (QED) is 0.0557. The number of carboxylic acids is 4. The largest absolute Gasteiger partial charge is 0.481 e. The zero-order valence-electron chi connectivity index (χ0n) is 27.3. The number of hydrogen-bond donors (Lipinski definition) is 8. The number of nitrogens with zero attached hydrogens (tertiary/aromatic N) is 1. The van der Waals surface area contributed by atoms with Gasteiger partial charge in [0.2, 0.25) is 17.7 Å². The zero-order chi connectivity index (χ0) is 38.1. The van der Waals surface area contributed by atoms with E-state index in [1.165, 1.54) is 12.1 Å². The Balaban J connectivity index is 1.73. The van der Waals surface area contributed by atoms with Crippen LogP contribution in [0.3, 0.4) is 0 Å². The standard InChI is InChI=1S/C31H40FN5O13S/c32-18-9-7-17(8-10-18)26(42)33-13-3-1-6-23(38)34-19(28(44)45)5-2-4-14-37-24(39)15-22(27(37)43)51-16-21(30(48)49)36-31(50)35-20(29(46)47)11-12-25(40)41/h7-10,19-22H,1-6,11-16H2,(H,33,42)(H,34,38)(H,40,41)(H,44,45)(H,46,47)(H,48,49)(H2,35,36,50)/t19-,20-,21-,22?/m0/s1. The van der Waals surface area contributed by atoms with Gasteiger partial charge in [-0.25, -0.2) is 23.6 Å². The summed E-state index contributed by atoms with van der Waals surface area (Å²) in [5.41, 5.74) is 0.282. The predicted octanol–water partition coefficient (Wildman–Crippen LogP) is 0.397. The molecule has 0 radical (unpaired) electrons. The number of carbonyl (C=O) groups is 9. The van der Waals surface area contributed by atoms with Crippen LogP contribution in [0.25, 0.3) is 0 Å². The Bertz CT molecular complexity index is 1460. The molecule has 280 valence electrons. The molecule has 8 N–H and O–H groups in total. The topological polar surface area (TPSA) is 286 Å². The van der Waals surface area contributed by atoms with Crippen molar-refractivity contribution in [2.24, 2.45) is 0 Å². The molecule has 0 aliphatic carbocycles. The van der Waals surface area contributed by atoms with Crippen LogP contribution in [0.2, 0.25) is 0 Å². The number of carboxylic acid groups (broad SMARTS) is 4. The summed E-state index contributed by atoms with van der Waals surface area (Å²) in [6.07, 6.45) is -0.00888. The Morgan fingerprint density at radius 3 is 2.00 bits per heavy atom. The van der Waals surface area contributed by atoms with E-state index in [-0.39, 0.29) is 56.5 Å². The number of likely N-dealkylation sites (tertiary alicyclic amines) is 1. The van der Waals surface area contributed by atoms with E-state index in [0.717, 1.165) is 28.8 Å². The van der Waals surface area contributed by atoms with Gasteiger partial charge in [0.05, 0.1) is 5.25 Å². The summed E-state index contributed by atoms with van der Waals surface area (Å²) < 4.78 is 13.0. The van der Waals surface area contributed by atoms with Crippen molar-refractivity contribution in [1.82, 2.24) is 26.2 Å². The van der Waals surface area contributed by atoms with Crippen LogP contribution in [-0.4, -0.2) is 121 Å². The first-order valence-electron chi connectivity index (χ1n) is 15.8. The second kappa shape index (κ2) is 21.1. The summed E-state index contributed by atoms with van der Waals surface area (Å²) in [6.45, 7) is 0.203. The maximum absolute atomic E-state index is 13.0. The molecule has 0 bridgehead atoms. The number of thioether (sulfide) groups is 1. The number of rotatable bonds is 23. The Morgan fingerprint density at radius 2 is 1.39 bits per heavy atom. The van der Waals surface area contributed by atoms with Gasteiger partial charge in [0.15, 0.2) is 0 Å². The molecule has 1 aromatic rings. The lowest BCUT2D eigenvalue weighted by Crippen LogP contribution is -2.52. The number of carbonyl (C=O) groups excluding carboxylic acids is 5. The number of benzene rings is 1. The van der Waals surface area contributed by atoms with Crippen molar-refractivity contribution in [3.63, 3.8) is 0 Å². The minimum Gasteiger partial charge on any atom is -0.481 e. The van der Waals surface area contributed by atoms with E-state index in [9.17, 15) is 57.8 Å². The van der Waals surface area contributed by atoms with Gasteiger partial charge in [0.25, 0.3) is 5.91 Å². The van der Waals surface area contributed by atoms with E-state index in [2.05, 4.69) is 16.0 Å². The van der Waals surface area contributed by atoms with Crippen LogP contribution >= 0.6 is 11.8 Å². The summed E-state index contributed by atoms with van der Waals surface area (Å²) in [4.78, 5) is 108. The molecule has 18 nitrogen and oxygen atoms in total. The Morgan fingerprint density at radius 1 is 0.784 bits per heavy atom. The molecular formula is C31H40FN5O13S. The van der Waals surface area contributed by atoms with Gasteiger partial charge >= 0.3 is 29.9 Å². The normalized spacial score (nSPS) is 15.7. The SMILES string of the molecule is O=C(O)CC[C@H](NC(=O)N[C@@H](CSC1CC(=O)N(CCCC[C@H](NC(=O)CCCCNC(=O)c2ccc(F)cc2)C(=O)O)C1=O)C(=O)O)C(=O)O. The Labute approximate surface area is 294 Å². The van der Waals surface area contributed by atoms with Crippen LogP contribution in [0.15, 0.2) is 24.3 Å². The highest BCUT2D eigenvalue weighted by molar-refractivity contribution is 8.00. The first-order chi connectivity index (χ1) is 24.1. The van der Waals surface area contributed by atoms with Crippen molar-refractivity contribution in [2.75, 3.05) is 18.8 Å². The van der Waals surface area contributed by atoms with E-state index >= 15 is 0 Å². The molecule has 1 unspecified atom stereocenters. The molecule has 1 saturated heterocycles. The van der Waals surface area contributed by atoms with Crippen molar-refractivity contribution in [2.45, 2.75) is 81.2 Å². The molecule has 20 heteroatoms. The summed E-state index contributed by atoms with van der Waals surface area (Å²) in [7, 11) is 0. The lowest BCUT2D eigenvalue weighted by molar-refractivity contribution is -0.142. The highest BCUT2D eigenvalue weighted by Crippen LogP contribution is 2.26. The van der Waals surface area contributed by atoms with Crippen molar-refractivity contribution < 1.29 is 68.0 Å². The monoisotopic (exact) mass is 741 g/mol. The van der Waals surface area contributed by atoms with E-state index in [4.69, 9.17) is 10.2 Å². The number of urea groups is 1. The fourth-order valence-corrected chi connectivity index (χ4v) is 5.93. The van der Waals surface area contributed by atoms with Crippen LogP contribution in [0, 0.1) is 5.82 Å². The van der Waals surface area contributed by atoms with E-state index in [1.807, 2.05) is 5.32 Å². The number of nitrogens with one attached hydrogen (secondary N) is 4. The summed E-state index contributed by atoms with van der Waals surface area (Å²) >= 11 is 0.795. The average Bonchev–Trinajstić information content (AvgIpc) is 3.33. The van der Waals surface area contributed by atoms with E-state index in [1.54, 1.807) is 0 Å².